The van der Waals surface area contributed by atoms with Crippen LogP contribution in [0.15, 0.2) is 101 Å². The highest BCUT2D eigenvalue weighted by Crippen LogP contribution is 2.46. The van der Waals surface area contributed by atoms with Crippen molar-refractivity contribution in [2.45, 2.75) is 39.3 Å². The van der Waals surface area contributed by atoms with Crippen LogP contribution in [0.5, 0.6) is 0 Å². The molecule has 0 amide bonds. The van der Waals surface area contributed by atoms with Gasteiger partial charge in [0.15, 0.2) is 6.31 Å². The van der Waals surface area contributed by atoms with Crippen LogP contribution in [0.25, 0.3) is 0 Å². The van der Waals surface area contributed by atoms with Crippen molar-refractivity contribution in [3.8, 4) is 0 Å². The zero-order valence-electron chi connectivity index (χ0n) is 19.2. The van der Waals surface area contributed by atoms with Crippen LogP contribution in [-0.4, -0.2) is 30.4 Å². The minimum atomic E-state index is -2.24. The van der Waals surface area contributed by atoms with Crippen LogP contribution in [0.4, 0.5) is 0 Å². The second kappa shape index (κ2) is 7.67. The molecule has 0 nitrogen and oxygen atoms in total. The zero-order chi connectivity index (χ0) is 21.6. The van der Waals surface area contributed by atoms with Gasteiger partial charge in [-0.2, -0.15) is 0 Å². The molecule has 4 rings (SSSR count). The van der Waals surface area contributed by atoms with Crippen molar-refractivity contribution < 1.29 is 0 Å². The summed E-state index contributed by atoms with van der Waals surface area (Å²) in [6.45, 7) is 15.3. The Labute approximate surface area is 186 Å². The molecule has 1 aliphatic heterocycles. The second-order valence-corrected chi connectivity index (χ2v) is 24.7. The third-order valence-electron chi connectivity index (χ3n) is 6.52. The highest BCUT2D eigenvalue weighted by Gasteiger charge is 2.63. The van der Waals surface area contributed by atoms with Gasteiger partial charge in [0.25, 0.3) is 0 Å². The van der Waals surface area contributed by atoms with E-state index in [1.165, 1.54) is 0 Å². The smallest absolute Gasteiger partial charge is 0.120 e. The summed E-state index contributed by atoms with van der Waals surface area (Å²) in [4.78, 5) is 0. The molecular weight excluding hydrogens is 407 g/mol. The first-order valence-corrected chi connectivity index (χ1v) is 20.2. The van der Waals surface area contributed by atoms with E-state index in [-0.39, 0.29) is 0 Å². The first-order chi connectivity index (χ1) is 14.2. The molecule has 3 aromatic rings. The number of hydrogen-bond donors (Lipinski definition) is 0. The van der Waals surface area contributed by atoms with Gasteiger partial charge in [0.1, 0.15) is 7.94 Å². The summed E-state index contributed by atoms with van der Waals surface area (Å²) < 4.78 is 0. The first-order valence-electron chi connectivity index (χ1n) is 11.1. The van der Waals surface area contributed by atoms with Gasteiger partial charge in [0.05, 0.1) is 16.1 Å². The minimum Gasteiger partial charge on any atom is -0.120 e. The van der Waals surface area contributed by atoms with Gasteiger partial charge < -0.3 is 0 Å². The van der Waals surface area contributed by atoms with Crippen LogP contribution < -0.4 is 15.6 Å². The SMILES string of the molecule is C[Si](C)(C)C1=C([Si](C)(C)C)B1[Si](c1ccccc1)(c1ccccc1)c1ccccc1. The van der Waals surface area contributed by atoms with Gasteiger partial charge in [-0.25, -0.2) is 0 Å². The number of rotatable bonds is 6. The summed E-state index contributed by atoms with van der Waals surface area (Å²) in [5.74, 6) is 0. The Kier molecular flexibility index (Phi) is 5.46. The van der Waals surface area contributed by atoms with Crippen LogP contribution in [0, 0.1) is 0 Å². The van der Waals surface area contributed by atoms with E-state index in [0.29, 0.717) is 6.31 Å². The summed E-state index contributed by atoms with van der Waals surface area (Å²) in [5.41, 5.74) is 0. The van der Waals surface area contributed by atoms with Gasteiger partial charge >= 0.3 is 0 Å². The fourth-order valence-electron chi connectivity index (χ4n) is 5.43. The molecule has 30 heavy (non-hydrogen) atoms. The minimum absolute atomic E-state index is 0.642. The van der Waals surface area contributed by atoms with Crippen molar-refractivity contribution in [1.29, 1.82) is 0 Å². The molecule has 0 aromatic heterocycles. The van der Waals surface area contributed by atoms with E-state index in [9.17, 15) is 0 Å². The van der Waals surface area contributed by atoms with E-state index in [4.69, 9.17) is 0 Å². The highest BCUT2D eigenvalue weighted by atomic mass is 28.3. The third-order valence-corrected chi connectivity index (χ3v) is 16.9. The summed E-state index contributed by atoms with van der Waals surface area (Å²) in [6.07, 6.45) is 0.642. The largest absolute Gasteiger partial charge is 0.197 e. The van der Waals surface area contributed by atoms with Gasteiger partial charge in [-0.05, 0) is 0 Å². The molecule has 0 saturated heterocycles. The second-order valence-electron chi connectivity index (χ2n) is 10.7. The Morgan fingerprint density at radius 1 is 0.433 bits per heavy atom. The van der Waals surface area contributed by atoms with E-state index >= 15 is 0 Å². The van der Waals surface area contributed by atoms with Crippen molar-refractivity contribution in [3.05, 3.63) is 101 Å². The average molecular weight is 441 g/mol. The van der Waals surface area contributed by atoms with E-state index in [1.807, 2.05) is 10.2 Å². The summed E-state index contributed by atoms with van der Waals surface area (Å²) in [5, 5.41) is 8.42. The summed E-state index contributed by atoms with van der Waals surface area (Å²) in [6, 6.07) is 34.4. The third kappa shape index (κ3) is 3.55. The zero-order valence-corrected chi connectivity index (χ0v) is 22.2. The average Bonchev–Trinajstić information content (AvgIpc) is 3.49. The van der Waals surface area contributed by atoms with Gasteiger partial charge in [0.2, 0.25) is 0 Å². The summed E-state index contributed by atoms with van der Waals surface area (Å²) >= 11 is 0. The fraction of sp³-hybridized carbons (Fsp3) is 0.231. The molecule has 0 atom stereocenters. The number of hydrogen-bond acceptors (Lipinski definition) is 0. The monoisotopic (exact) mass is 440 g/mol. The molecular formula is C26H33BSi3. The Hall–Kier alpha value is -1.88. The molecule has 1 aliphatic rings. The maximum absolute atomic E-state index is 2.56. The van der Waals surface area contributed by atoms with Crippen LogP contribution in [-0.2, 0) is 0 Å². The van der Waals surface area contributed by atoms with Crippen LogP contribution in [0.3, 0.4) is 0 Å². The molecule has 0 saturated carbocycles. The van der Waals surface area contributed by atoms with Crippen LogP contribution >= 0.6 is 0 Å². The maximum atomic E-state index is 2.56. The van der Waals surface area contributed by atoms with E-state index < -0.39 is 24.1 Å². The standard InChI is InChI=1S/C26H33BSi3/c1-28(2,3)25-26(29(4,5)6)27(25)30(22-16-10-7-11-17-22,23-18-12-8-13-19-23)24-20-14-9-15-21-24/h7-21H,1-6H3. The Bertz CT molecular complexity index is 926. The maximum Gasteiger partial charge on any atom is 0.197 e. The van der Waals surface area contributed by atoms with Crippen LogP contribution in [0.1, 0.15) is 0 Å². The predicted octanol–water partition coefficient (Wildman–Crippen LogP) is 4.87. The van der Waals surface area contributed by atoms with Gasteiger partial charge in [0, 0.05) is 0 Å². The van der Waals surface area contributed by atoms with Crippen molar-refractivity contribution in [3.63, 3.8) is 0 Å². The molecule has 1 heterocycles. The Morgan fingerprint density at radius 2 is 0.700 bits per heavy atom. The first kappa shape index (κ1) is 21.4. The van der Waals surface area contributed by atoms with E-state index in [2.05, 4.69) is 130 Å². The highest BCUT2D eigenvalue weighted by molar-refractivity contribution is 7.61. The van der Waals surface area contributed by atoms with Crippen molar-refractivity contribution in [1.82, 2.24) is 0 Å². The van der Waals surface area contributed by atoms with Crippen molar-refractivity contribution >= 4 is 46.0 Å². The molecule has 0 aliphatic carbocycles. The Balaban J connectivity index is 2.08. The topological polar surface area (TPSA) is 0 Å². The van der Waals surface area contributed by atoms with Crippen molar-refractivity contribution in [2.24, 2.45) is 0 Å². The van der Waals surface area contributed by atoms with Crippen molar-refractivity contribution in [2.75, 3.05) is 0 Å². The molecule has 3 aromatic carbocycles. The molecule has 0 unspecified atom stereocenters. The molecule has 0 radical (unpaired) electrons. The number of benzene rings is 3. The molecule has 0 N–H and O–H groups in total. The predicted molar refractivity (Wildman–Crippen MR) is 143 cm³/mol. The lowest BCUT2D eigenvalue weighted by Gasteiger charge is -2.36. The lowest BCUT2D eigenvalue weighted by Crippen LogP contribution is -2.75. The Morgan fingerprint density at radius 3 is 0.933 bits per heavy atom. The van der Waals surface area contributed by atoms with Gasteiger partial charge in [-0.3, -0.25) is 0 Å². The van der Waals surface area contributed by atoms with Gasteiger partial charge in [-0.15, -0.1) is 10.2 Å². The molecule has 0 bridgehead atoms. The fourth-order valence-corrected chi connectivity index (χ4v) is 21.0. The van der Waals surface area contributed by atoms with E-state index in [1.54, 1.807) is 15.6 Å². The molecule has 152 valence electrons. The molecule has 0 spiro atoms. The normalized spacial score (nSPS) is 14.8. The lowest BCUT2D eigenvalue weighted by atomic mass is 10.00. The quantitative estimate of drug-likeness (QED) is 0.379. The molecule has 4 heteroatoms. The molecule has 0 fully saturated rings. The lowest BCUT2D eigenvalue weighted by molar-refractivity contribution is 1.70. The van der Waals surface area contributed by atoms with E-state index in [0.717, 1.165) is 0 Å². The van der Waals surface area contributed by atoms with Gasteiger partial charge in [-0.1, -0.05) is 146 Å². The summed E-state index contributed by atoms with van der Waals surface area (Å²) in [7, 11) is -5.08. The van der Waals surface area contributed by atoms with Crippen LogP contribution in [0.2, 0.25) is 39.3 Å².